The summed E-state index contributed by atoms with van der Waals surface area (Å²) in [5.74, 6) is 0. The van der Waals surface area contributed by atoms with Crippen LogP contribution in [0.5, 0.6) is 0 Å². The highest BCUT2D eigenvalue weighted by Crippen LogP contribution is 1.86. The van der Waals surface area contributed by atoms with E-state index >= 15 is 0 Å². The first kappa shape index (κ1) is 5.83. The smallest absolute Gasteiger partial charge is 0.116 e. The van der Waals surface area contributed by atoms with Crippen LogP contribution in [0.15, 0.2) is 18.5 Å². The summed E-state index contributed by atoms with van der Waals surface area (Å²) in [5, 5.41) is 8.32. The summed E-state index contributed by atoms with van der Waals surface area (Å²) in [7, 11) is 5.32. The SMILES string of the molecule is [B]c1cncc(C#N)c1. The molecule has 0 aliphatic heterocycles. The first-order valence-corrected chi connectivity index (χ1v) is 2.43. The van der Waals surface area contributed by atoms with E-state index < -0.39 is 0 Å². The van der Waals surface area contributed by atoms with E-state index in [0.29, 0.717) is 11.0 Å². The van der Waals surface area contributed by atoms with E-state index in [2.05, 4.69) is 4.98 Å². The molecule has 2 radical (unpaired) electrons. The lowest BCUT2D eigenvalue weighted by Crippen LogP contribution is -2.02. The molecule has 0 unspecified atom stereocenters. The van der Waals surface area contributed by atoms with Crippen LogP contribution in [0.2, 0.25) is 0 Å². The van der Waals surface area contributed by atoms with Gasteiger partial charge in [0, 0.05) is 12.4 Å². The molecular formula is C6H3BN2. The van der Waals surface area contributed by atoms with E-state index in [1.54, 1.807) is 6.07 Å². The number of hydrogen-bond donors (Lipinski definition) is 0. The normalized spacial score (nSPS) is 8.33. The molecule has 1 rings (SSSR count). The van der Waals surface area contributed by atoms with Gasteiger partial charge in [-0.3, -0.25) is 4.98 Å². The molecule has 0 N–H and O–H groups in total. The molecule has 3 heteroatoms. The molecule has 0 fully saturated rings. The molecule has 0 bridgehead atoms. The molecule has 1 aromatic rings. The van der Waals surface area contributed by atoms with Crippen molar-refractivity contribution in [3.05, 3.63) is 24.0 Å². The van der Waals surface area contributed by atoms with E-state index in [1.807, 2.05) is 6.07 Å². The minimum atomic E-state index is 0.495. The van der Waals surface area contributed by atoms with Crippen LogP contribution in [0.25, 0.3) is 0 Å². The molecule has 0 aliphatic rings. The molecular weight excluding hydrogens is 111 g/mol. The molecule has 0 saturated heterocycles. The van der Waals surface area contributed by atoms with Crippen molar-refractivity contribution in [1.82, 2.24) is 4.98 Å². The van der Waals surface area contributed by atoms with E-state index in [9.17, 15) is 0 Å². The first-order valence-electron chi connectivity index (χ1n) is 2.43. The molecule has 2 nitrogen and oxygen atoms in total. The quantitative estimate of drug-likeness (QED) is 0.436. The average molecular weight is 114 g/mol. The lowest BCUT2D eigenvalue weighted by atomic mass is 9.98. The Hall–Kier alpha value is -1.30. The highest BCUT2D eigenvalue weighted by molar-refractivity contribution is 6.32. The number of nitriles is 1. The molecule has 9 heavy (non-hydrogen) atoms. The van der Waals surface area contributed by atoms with Crippen LogP contribution in [0.1, 0.15) is 5.56 Å². The first-order chi connectivity index (χ1) is 4.33. The summed E-state index contributed by atoms with van der Waals surface area (Å²) in [6.45, 7) is 0. The Balaban J connectivity index is 3.12. The summed E-state index contributed by atoms with van der Waals surface area (Å²) in [6, 6.07) is 3.50. The largest absolute Gasteiger partial charge is 0.264 e. The van der Waals surface area contributed by atoms with Gasteiger partial charge in [0.05, 0.1) is 5.56 Å². The second-order valence-corrected chi connectivity index (χ2v) is 1.62. The molecule has 0 aliphatic carbocycles. The summed E-state index contributed by atoms with van der Waals surface area (Å²) < 4.78 is 0. The van der Waals surface area contributed by atoms with Gasteiger partial charge in [-0.2, -0.15) is 5.26 Å². The third-order valence-corrected chi connectivity index (χ3v) is 0.888. The van der Waals surface area contributed by atoms with Gasteiger partial charge in [0.25, 0.3) is 0 Å². The van der Waals surface area contributed by atoms with Gasteiger partial charge < -0.3 is 0 Å². The van der Waals surface area contributed by atoms with Crippen molar-refractivity contribution < 1.29 is 0 Å². The summed E-state index contributed by atoms with van der Waals surface area (Å²) in [4.78, 5) is 3.71. The zero-order chi connectivity index (χ0) is 6.69. The number of rotatable bonds is 0. The van der Waals surface area contributed by atoms with Crippen molar-refractivity contribution in [3.8, 4) is 6.07 Å². The van der Waals surface area contributed by atoms with Crippen molar-refractivity contribution in [2.45, 2.75) is 0 Å². The van der Waals surface area contributed by atoms with Gasteiger partial charge in [-0.25, -0.2) is 0 Å². The van der Waals surface area contributed by atoms with E-state index in [-0.39, 0.29) is 0 Å². The Labute approximate surface area is 54.6 Å². The highest BCUT2D eigenvalue weighted by atomic mass is 14.6. The van der Waals surface area contributed by atoms with E-state index in [4.69, 9.17) is 13.1 Å². The van der Waals surface area contributed by atoms with Crippen molar-refractivity contribution in [2.75, 3.05) is 0 Å². The summed E-state index contributed by atoms with van der Waals surface area (Å²) in [5.41, 5.74) is 1.02. The van der Waals surface area contributed by atoms with Crippen LogP contribution >= 0.6 is 0 Å². The number of pyridine rings is 1. The maximum absolute atomic E-state index is 8.32. The van der Waals surface area contributed by atoms with Crippen LogP contribution in [0.4, 0.5) is 0 Å². The molecule has 40 valence electrons. The van der Waals surface area contributed by atoms with Crippen LogP contribution in [-0.2, 0) is 0 Å². The van der Waals surface area contributed by atoms with Crippen molar-refractivity contribution >= 4 is 13.3 Å². The Bertz CT molecular complexity index is 251. The zero-order valence-corrected chi connectivity index (χ0v) is 4.70. The molecule has 1 heterocycles. The molecule has 0 spiro atoms. The minimum Gasteiger partial charge on any atom is -0.264 e. The molecule has 0 saturated carbocycles. The standard InChI is InChI=1S/C6H3BN2/c7-6-1-5(2-8)3-9-4-6/h1,3-4H. The van der Waals surface area contributed by atoms with E-state index in [0.717, 1.165) is 0 Å². The third-order valence-electron chi connectivity index (χ3n) is 0.888. The summed E-state index contributed by atoms with van der Waals surface area (Å²) >= 11 is 0. The van der Waals surface area contributed by atoms with Gasteiger partial charge in [-0.05, 0) is 6.07 Å². The third kappa shape index (κ3) is 1.30. The Morgan fingerprint density at radius 2 is 2.33 bits per heavy atom. The second kappa shape index (κ2) is 2.32. The van der Waals surface area contributed by atoms with Crippen molar-refractivity contribution in [1.29, 1.82) is 5.26 Å². The number of nitrogens with zero attached hydrogens (tertiary/aromatic N) is 2. The lowest BCUT2D eigenvalue weighted by Gasteiger charge is -1.88. The molecule has 0 aromatic carbocycles. The average Bonchev–Trinajstić information content (AvgIpc) is 1.88. The molecule has 0 atom stereocenters. The Morgan fingerprint density at radius 3 is 2.78 bits per heavy atom. The zero-order valence-electron chi connectivity index (χ0n) is 4.70. The number of hydrogen-bond acceptors (Lipinski definition) is 2. The van der Waals surface area contributed by atoms with Crippen LogP contribution < -0.4 is 5.46 Å². The maximum Gasteiger partial charge on any atom is 0.116 e. The van der Waals surface area contributed by atoms with Gasteiger partial charge in [0.15, 0.2) is 0 Å². The van der Waals surface area contributed by atoms with Gasteiger partial charge >= 0.3 is 0 Å². The van der Waals surface area contributed by atoms with Crippen LogP contribution in [-0.4, -0.2) is 12.8 Å². The van der Waals surface area contributed by atoms with E-state index in [1.165, 1.54) is 12.4 Å². The molecule has 1 aromatic heterocycles. The van der Waals surface area contributed by atoms with Gasteiger partial charge in [0.1, 0.15) is 13.9 Å². The van der Waals surface area contributed by atoms with Crippen molar-refractivity contribution in [2.24, 2.45) is 0 Å². The minimum absolute atomic E-state index is 0.495. The van der Waals surface area contributed by atoms with Crippen LogP contribution in [0, 0.1) is 11.3 Å². The predicted molar refractivity (Wildman–Crippen MR) is 34.3 cm³/mol. The van der Waals surface area contributed by atoms with Crippen molar-refractivity contribution in [3.63, 3.8) is 0 Å². The lowest BCUT2D eigenvalue weighted by molar-refractivity contribution is 1.32. The highest BCUT2D eigenvalue weighted by Gasteiger charge is 1.87. The van der Waals surface area contributed by atoms with Gasteiger partial charge in [0.2, 0.25) is 0 Å². The van der Waals surface area contributed by atoms with Gasteiger partial charge in [-0.15, -0.1) is 0 Å². The fourth-order valence-electron chi connectivity index (χ4n) is 0.519. The Morgan fingerprint density at radius 1 is 1.56 bits per heavy atom. The van der Waals surface area contributed by atoms with Gasteiger partial charge in [-0.1, -0.05) is 5.46 Å². The fraction of sp³-hybridized carbons (Fsp3) is 0. The topological polar surface area (TPSA) is 36.7 Å². The van der Waals surface area contributed by atoms with Crippen LogP contribution in [0.3, 0.4) is 0 Å². The Kier molecular flexibility index (Phi) is 1.50. The monoisotopic (exact) mass is 114 g/mol. The fourth-order valence-corrected chi connectivity index (χ4v) is 0.519. The molecule has 0 amide bonds. The number of aromatic nitrogens is 1. The summed E-state index contributed by atoms with van der Waals surface area (Å²) in [6.07, 6.45) is 2.97. The maximum atomic E-state index is 8.32. The predicted octanol–water partition coefficient (Wildman–Crippen LogP) is -0.253. The second-order valence-electron chi connectivity index (χ2n) is 1.62.